The molecule has 19 heavy (non-hydrogen) atoms. The number of rotatable bonds is 1. The Labute approximate surface area is 112 Å². The number of nitrogens with one attached hydrogen (secondary N) is 1. The van der Waals surface area contributed by atoms with Crippen molar-refractivity contribution in [1.29, 1.82) is 0 Å². The summed E-state index contributed by atoms with van der Waals surface area (Å²) in [6.07, 6.45) is 0.189. The van der Waals surface area contributed by atoms with Gasteiger partial charge in [0.05, 0.1) is 12.2 Å². The van der Waals surface area contributed by atoms with E-state index in [0.717, 1.165) is 10.9 Å². The van der Waals surface area contributed by atoms with Crippen molar-refractivity contribution in [3.63, 3.8) is 0 Å². The van der Waals surface area contributed by atoms with E-state index in [2.05, 4.69) is 4.98 Å². The van der Waals surface area contributed by atoms with Crippen molar-refractivity contribution < 1.29 is 9.53 Å². The van der Waals surface area contributed by atoms with Gasteiger partial charge >= 0.3 is 0 Å². The van der Waals surface area contributed by atoms with E-state index in [1.807, 2.05) is 49.1 Å². The quantitative estimate of drug-likeness (QED) is 0.853. The van der Waals surface area contributed by atoms with Crippen LogP contribution in [0.25, 0.3) is 10.9 Å². The van der Waals surface area contributed by atoms with E-state index >= 15 is 0 Å². The molecule has 1 aliphatic heterocycles. The third-order valence-electron chi connectivity index (χ3n) is 3.47. The van der Waals surface area contributed by atoms with Crippen LogP contribution in [0.2, 0.25) is 0 Å². The molecule has 2 unspecified atom stereocenters. The first-order valence-corrected chi connectivity index (χ1v) is 6.66. The summed E-state index contributed by atoms with van der Waals surface area (Å²) >= 11 is 0. The van der Waals surface area contributed by atoms with Crippen molar-refractivity contribution >= 4 is 16.8 Å². The van der Waals surface area contributed by atoms with Gasteiger partial charge in [-0.3, -0.25) is 4.79 Å². The standard InChI is InChI=1S/C15H18N2O2/c1-10-8-17(9-11(2)19-10)15(18)14-7-12-5-3-4-6-13(12)16-14/h3-7,10-11,16H,8-9H2,1-2H3. The smallest absolute Gasteiger partial charge is 0.270 e. The van der Waals surface area contributed by atoms with E-state index in [-0.39, 0.29) is 18.1 Å². The average Bonchev–Trinajstić information content (AvgIpc) is 2.80. The fraction of sp³-hybridized carbons (Fsp3) is 0.400. The number of benzene rings is 1. The van der Waals surface area contributed by atoms with Gasteiger partial charge in [0.1, 0.15) is 5.69 Å². The monoisotopic (exact) mass is 258 g/mol. The van der Waals surface area contributed by atoms with E-state index in [1.54, 1.807) is 0 Å². The summed E-state index contributed by atoms with van der Waals surface area (Å²) in [5.74, 6) is 0.0539. The van der Waals surface area contributed by atoms with E-state index in [9.17, 15) is 4.79 Å². The molecule has 1 aromatic carbocycles. The highest BCUT2D eigenvalue weighted by Gasteiger charge is 2.27. The minimum Gasteiger partial charge on any atom is -0.372 e. The number of nitrogens with zero attached hydrogens (tertiary/aromatic N) is 1. The van der Waals surface area contributed by atoms with Gasteiger partial charge in [0.15, 0.2) is 0 Å². The highest BCUT2D eigenvalue weighted by Crippen LogP contribution is 2.18. The molecule has 1 N–H and O–H groups in total. The Morgan fingerprint density at radius 3 is 2.63 bits per heavy atom. The van der Waals surface area contributed by atoms with Crippen molar-refractivity contribution in [2.24, 2.45) is 0 Å². The third-order valence-corrected chi connectivity index (χ3v) is 3.47. The fourth-order valence-electron chi connectivity index (χ4n) is 2.70. The number of aromatic amines is 1. The zero-order chi connectivity index (χ0) is 13.4. The maximum atomic E-state index is 12.5. The van der Waals surface area contributed by atoms with Crippen LogP contribution in [-0.4, -0.2) is 41.1 Å². The number of morpholine rings is 1. The molecule has 4 heteroatoms. The average molecular weight is 258 g/mol. The molecule has 2 atom stereocenters. The van der Waals surface area contributed by atoms with Gasteiger partial charge in [0.25, 0.3) is 5.91 Å². The van der Waals surface area contributed by atoms with Crippen molar-refractivity contribution in [2.45, 2.75) is 26.1 Å². The Kier molecular flexibility index (Phi) is 3.03. The second-order valence-corrected chi connectivity index (χ2v) is 5.24. The summed E-state index contributed by atoms with van der Waals surface area (Å²) in [6.45, 7) is 5.30. The largest absolute Gasteiger partial charge is 0.372 e. The molecule has 1 amide bonds. The van der Waals surface area contributed by atoms with Crippen LogP contribution in [0.3, 0.4) is 0 Å². The van der Waals surface area contributed by atoms with Crippen molar-refractivity contribution in [1.82, 2.24) is 9.88 Å². The molecular weight excluding hydrogens is 240 g/mol. The molecule has 4 nitrogen and oxygen atoms in total. The van der Waals surface area contributed by atoms with E-state index < -0.39 is 0 Å². The first-order valence-electron chi connectivity index (χ1n) is 6.66. The molecule has 1 fully saturated rings. The van der Waals surface area contributed by atoms with Crippen molar-refractivity contribution in [3.8, 4) is 0 Å². The lowest BCUT2D eigenvalue weighted by Gasteiger charge is -2.35. The zero-order valence-corrected chi connectivity index (χ0v) is 11.2. The van der Waals surface area contributed by atoms with E-state index in [1.165, 1.54) is 0 Å². The van der Waals surface area contributed by atoms with Crippen LogP contribution in [0, 0.1) is 0 Å². The summed E-state index contributed by atoms with van der Waals surface area (Å²) in [6, 6.07) is 9.85. The maximum absolute atomic E-state index is 12.5. The van der Waals surface area contributed by atoms with Gasteiger partial charge in [-0.25, -0.2) is 0 Å². The Morgan fingerprint density at radius 2 is 1.95 bits per heavy atom. The van der Waals surface area contributed by atoms with Crippen LogP contribution in [0.1, 0.15) is 24.3 Å². The predicted molar refractivity (Wildman–Crippen MR) is 74.2 cm³/mol. The van der Waals surface area contributed by atoms with Gasteiger partial charge in [-0.1, -0.05) is 18.2 Å². The van der Waals surface area contributed by atoms with Gasteiger partial charge in [-0.2, -0.15) is 0 Å². The SMILES string of the molecule is CC1CN(C(=O)c2cc3ccccc3[nH]2)CC(C)O1. The number of hydrogen-bond donors (Lipinski definition) is 1. The summed E-state index contributed by atoms with van der Waals surface area (Å²) < 4.78 is 5.66. The molecule has 100 valence electrons. The fourth-order valence-corrected chi connectivity index (χ4v) is 2.70. The maximum Gasteiger partial charge on any atom is 0.270 e. The summed E-state index contributed by atoms with van der Waals surface area (Å²) in [4.78, 5) is 17.6. The van der Waals surface area contributed by atoms with Gasteiger partial charge in [-0.15, -0.1) is 0 Å². The van der Waals surface area contributed by atoms with Crippen LogP contribution < -0.4 is 0 Å². The number of ether oxygens (including phenoxy) is 1. The number of H-pyrrole nitrogens is 1. The topological polar surface area (TPSA) is 45.3 Å². The zero-order valence-electron chi connectivity index (χ0n) is 11.2. The number of carbonyl (C=O) groups excluding carboxylic acids is 1. The number of fused-ring (bicyclic) bond motifs is 1. The number of amides is 1. The second kappa shape index (κ2) is 4.70. The molecule has 2 heterocycles. The van der Waals surface area contributed by atoms with Crippen LogP contribution >= 0.6 is 0 Å². The molecule has 1 saturated heterocycles. The molecule has 0 radical (unpaired) electrons. The Balaban J connectivity index is 1.86. The van der Waals surface area contributed by atoms with Gasteiger partial charge in [0, 0.05) is 24.0 Å². The molecule has 1 aromatic heterocycles. The highest BCUT2D eigenvalue weighted by atomic mass is 16.5. The second-order valence-electron chi connectivity index (χ2n) is 5.24. The molecule has 0 spiro atoms. The molecular formula is C15H18N2O2. The molecule has 0 saturated carbocycles. The number of hydrogen-bond acceptors (Lipinski definition) is 2. The Morgan fingerprint density at radius 1 is 1.26 bits per heavy atom. The number of carbonyl (C=O) groups is 1. The lowest BCUT2D eigenvalue weighted by Crippen LogP contribution is -2.48. The summed E-state index contributed by atoms with van der Waals surface area (Å²) in [5.41, 5.74) is 1.66. The number of aromatic nitrogens is 1. The lowest BCUT2D eigenvalue weighted by molar-refractivity contribution is -0.0587. The van der Waals surface area contributed by atoms with Crippen LogP contribution in [0.4, 0.5) is 0 Å². The van der Waals surface area contributed by atoms with Crippen LogP contribution in [-0.2, 0) is 4.74 Å². The first-order chi connectivity index (χ1) is 9.13. The third kappa shape index (κ3) is 2.36. The Hall–Kier alpha value is -1.81. The van der Waals surface area contributed by atoms with Gasteiger partial charge < -0.3 is 14.6 Å². The predicted octanol–water partition coefficient (Wildman–Crippen LogP) is 2.42. The van der Waals surface area contributed by atoms with Gasteiger partial charge in [0.2, 0.25) is 0 Å². The van der Waals surface area contributed by atoms with Crippen molar-refractivity contribution in [2.75, 3.05) is 13.1 Å². The van der Waals surface area contributed by atoms with Gasteiger partial charge in [-0.05, 0) is 26.0 Å². The van der Waals surface area contributed by atoms with Crippen LogP contribution in [0.15, 0.2) is 30.3 Å². The normalized spacial score (nSPS) is 23.8. The molecule has 3 rings (SSSR count). The Bertz CT molecular complexity index is 562. The van der Waals surface area contributed by atoms with E-state index in [0.29, 0.717) is 18.8 Å². The molecule has 0 aliphatic carbocycles. The summed E-state index contributed by atoms with van der Waals surface area (Å²) in [7, 11) is 0. The summed E-state index contributed by atoms with van der Waals surface area (Å²) in [5, 5.41) is 1.07. The molecule has 0 bridgehead atoms. The molecule has 1 aliphatic rings. The van der Waals surface area contributed by atoms with E-state index in [4.69, 9.17) is 4.74 Å². The van der Waals surface area contributed by atoms with Crippen molar-refractivity contribution in [3.05, 3.63) is 36.0 Å². The minimum absolute atomic E-state index is 0.0539. The molecule has 2 aromatic rings. The first kappa shape index (κ1) is 12.2. The number of para-hydroxylation sites is 1. The lowest BCUT2D eigenvalue weighted by atomic mass is 10.2. The minimum atomic E-state index is 0.0539. The highest BCUT2D eigenvalue weighted by molar-refractivity contribution is 5.98. The van der Waals surface area contributed by atoms with Crippen LogP contribution in [0.5, 0.6) is 0 Å².